The van der Waals surface area contributed by atoms with Crippen LogP contribution in [0.2, 0.25) is 0 Å². The molecule has 0 saturated carbocycles. The largest absolute Gasteiger partial charge is 0.382 e. The summed E-state index contributed by atoms with van der Waals surface area (Å²) in [5.41, 5.74) is 5.71. The van der Waals surface area contributed by atoms with Crippen molar-refractivity contribution in [3.63, 3.8) is 0 Å². The van der Waals surface area contributed by atoms with Gasteiger partial charge in [0.1, 0.15) is 5.00 Å². The molecule has 0 radical (unpaired) electrons. The molecule has 0 aliphatic carbocycles. The van der Waals surface area contributed by atoms with Crippen LogP contribution in [-0.2, 0) is 10.0 Å². The van der Waals surface area contributed by atoms with Crippen molar-refractivity contribution in [2.45, 2.75) is 44.0 Å². The van der Waals surface area contributed by atoms with E-state index in [0.29, 0.717) is 5.00 Å². The van der Waals surface area contributed by atoms with Gasteiger partial charge in [0, 0.05) is 20.1 Å². The maximum Gasteiger partial charge on any atom is 0.249 e. The monoisotopic (exact) mass is 306 g/mol. The average molecular weight is 306 g/mol. The van der Waals surface area contributed by atoms with Crippen LogP contribution in [0.25, 0.3) is 0 Å². The van der Waals surface area contributed by atoms with Crippen LogP contribution in [0.3, 0.4) is 0 Å². The molecule has 0 bridgehead atoms. The molecule has 0 aromatic carbocycles. The number of anilines is 2. The van der Waals surface area contributed by atoms with Crippen LogP contribution in [0.5, 0.6) is 0 Å². The smallest absolute Gasteiger partial charge is 0.249 e. The number of nitrogen functional groups attached to an aromatic ring is 1. The second-order valence-corrected chi connectivity index (χ2v) is 7.41. The highest BCUT2D eigenvalue weighted by atomic mass is 32.2. The molecule has 3 N–H and O–H groups in total. The van der Waals surface area contributed by atoms with Gasteiger partial charge in [-0.05, 0) is 24.4 Å². The molecule has 0 aliphatic heterocycles. The number of nitrogens with one attached hydrogen (secondary N) is 1. The van der Waals surface area contributed by atoms with Crippen LogP contribution in [0.15, 0.2) is 4.90 Å². The molecular weight excluding hydrogens is 284 g/mol. The van der Waals surface area contributed by atoms with Gasteiger partial charge in [-0.2, -0.15) is 4.37 Å². The quantitative estimate of drug-likeness (QED) is 0.804. The van der Waals surface area contributed by atoms with Gasteiger partial charge >= 0.3 is 0 Å². The van der Waals surface area contributed by atoms with Crippen LogP contribution < -0.4 is 11.1 Å². The van der Waals surface area contributed by atoms with Crippen molar-refractivity contribution in [2.24, 2.45) is 0 Å². The molecule has 1 atom stereocenters. The SMILES string of the molecule is CCCC(CC)Nc1snc(N)c1S(=O)(=O)N(C)C. The number of nitrogens with two attached hydrogens (primary N) is 1. The number of rotatable bonds is 7. The summed E-state index contributed by atoms with van der Waals surface area (Å²) in [5, 5.41) is 3.78. The Kier molecular flexibility index (Phi) is 5.57. The first kappa shape index (κ1) is 16.2. The first-order valence-corrected chi connectivity index (χ1v) is 8.50. The van der Waals surface area contributed by atoms with E-state index in [-0.39, 0.29) is 16.8 Å². The van der Waals surface area contributed by atoms with Crippen molar-refractivity contribution in [2.75, 3.05) is 25.1 Å². The highest BCUT2D eigenvalue weighted by Gasteiger charge is 2.28. The number of sulfonamides is 1. The van der Waals surface area contributed by atoms with Gasteiger partial charge in [0.2, 0.25) is 10.0 Å². The molecule has 19 heavy (non-hydrogen) atoms. The zero-order valence-electron chi connectivity index (χ0n) is 11.8. The van der Waals surface area contributed by atoms with E-state index in [0.717, 1.165) is 35.1 Å². The maximum atomic E-state index is 12.2. The lowest BCUT2D eigenvalue weighted by Crippen LogP contribution is -2.25. The van der Waals surface area contributed by atoms with E-state index in [1.165, 1.54) is 14.1 Å². The van der Waals surface area contributed by atoms with Gasteiger partial charge in [-0.3, -0.25) is 0 Å². The molecule has 8 heteroatoms. The summed E-state index contributed by atoms with van der Waals surface area (Å²) in [7, 11) is -0.599. The molecule has 110 valence electrons. The van der Waals surface area contributed by atoms with Crippen molar-refractivity contribution < 1.29 is 8.42 Å². The lowest BCUT2D eigenvalue weighted by atomic mass is 10.1. The summed E-state index contributed by atoms with van der Waals surface area (Å²) in [5.74, 6) is 0.0625. The minimum Gasteiger partial charge on any atom is -0.382 e. The van der Waals surface area contributed by atoms with Gasteiger partial charge < -0.3 is 11.1 Å². The molecule has 1 unspecified atom stereocenters. The fourth-order valence-electron chi connectivity index (χ4n) is 1.73. The van der Waals surface area contributed by atoms with E-state index in [1.807, 2.05) is 0 Å². The fourth-order valence-corrected chi connectivity index (χ4v) is 3.87. The number of hydrogen-bond donors (Lipinski definition) is 2. The zero-order chi connectivity index (χ0) is 14.6. The Labute approximate surface area is 119 Å². The Morgan fingerprint density at radius 2 is 2.05 bits per heavy atom. The zero-order valence-corrected chi connectivity index (χ0v) is 13.4. The molecule has 0 amide bonds. The van der Waals surface area contributed by atoms with Crippen molar-refractivity contribution in [3.8, 4) is 0 Å². The summed E-state index contributed by atoms with van der Waals surface area (Å²) >= 11 is 1.10. The molecule has 0 spiro atoms. The molecule has 1 aromatic rings. The van der Waals surface area contributed by atoms with E-state index in [1.54, 1.807) is 0 Å². The first-order chi connectivity index (χ1) is 8.84. The van der Waals surface area contributed by atoms with Crippen molar-refractivity contribution in [3.05, 3.63) is 0 Å². The Balaban J connectivity index is 3.11. The van der Waals surface area contributed by atoms with Gasteiger partial charge in [0.05, 0.1) is 0 Å². The predicted molar refractivity (Wildman–Crippen MR) is 80.0 cm³/mol. The number of aromatic nitrogens is 1. The Morgan fingerprint density at radius 1 is 1.42 bits per heavy atom. The Hall–Kier alpha value is -0.860. The summed E-state index contributed by atoms with van der Waals surface area (Å²) in [4.78, 5) is 0.0945. The summed E-state index contributed by atoms with van der Waals surface area (Å²) < 4.78 is 29.6. The number of nitrogens with zero attached hydrogens (tertiary/aromatic N) is 2. The fraction of sp³-hybridized carbons (Fsp3) is 0.727. The van der Waals surface area contributed by atoms with Crippen molar-refractivity contribution in [1.29, 1.82) is 0 Å². The van der Waals surface area contributed by atoms with Gasteiger partial charge in [-0.25, -0.2) is 12.7 Å². The Morgan fingerprint density at radius 3 is 2.53 bits per heavy atom. The molecule has 0 saturated heterocycles. The second-order valence-electron chi connectivity index (χ2n) is 4.55. The average Bonchev–Trinajstić information content (AvgIpc) is 2.70. The van der Waals surface area contributed by atoms with E-state index in [2.05, 4.69) is 23.5 Å². The van der Waals surface area contributed by atoms with Crippen LogP contribution >= 0.6 is 11.5 Å². The highest BCUT2D eigenvalue weighted by molar-refractivity contribution is 7.89. The summed E-state index contributed by atoms with van der Waals surface area (Å²) in [6.07, 6.45) is 2.94. The third kappa shape index (κ3) is 3.58. The second kappa shape index (κ2) is 6.53. The highest BCUT2D eigenvalue weighted by Crippen LogP contribution is 2.33. The minimum absolute atomic E-state index is 0.0625. The van der Waals surface area contributed by atoms with E-state index in [4.69, 9.17) is 5.73 Å². The first-order valence-electron chi connectivity index (χ1n) is 6.28. The standard InChI is InChI=1S/C11H22N4O2S2/c1-5-7-8(6-2)13-11-9(10(12)14-18-11)19(16,17)15(3)4/h8,13H,5-7H2,1-4H3,(H2,12,14). The van der Waals surface area contributed by atoms with Crippen LogP contribution in [-0.4, -0.2) is 37.2 Å². The maximum absolute atomic E-state index is 12.2. The van der Waals surface area contributed by atoms with E-state index in [9.17, 15) is 8.42 Å². The van der Waals surface area contributed by atoms with Crippen LogP contribution in [0.4, 0.5) is 10.8 Å². The lowest BCUT2D eigenvalue weighted by molar-refractivity contribution is 0.521. The molecular formula is C11H22N4O2S2. The normalized spacial score (nSPS) is 13.7. The minimum atomic E-state index is -3.57. The van der Waals surface area contributed by atoms with Crippen molar-refractivity contribution in [1.82, 2.24) is 8.68 Å². The predicted octanol–water partition coefficient (Wildman–Crippen LogP) is 1.97. The molecule has 1 heterocycles. The van der Waals surface area contributed by atoms with Gasteiger partial charge in [-0.1, -0.05) is 20.3 Å². The van der Waals surface area contributed by atoms with Crippen LogP contribution in [0.1, 0.15) is 33.1 Å². The topological polar surface area (TPSA) is 88.3 Å². The summed E-state index contributed by atoms with van der Waals surface area (Å²) in [6.45, 7) is 4.17. The lowest BCUT2D eigenvalue weighted by Gasteiger charge is -2.18. The van der Waals surface area contributed by atoms with Crippen molar-refractivity contribution >= 4 is 32.4 Å². The Bertz CT molecular complexity index is 511. The molecule has 0 aliphatic rings. The van der Waals surface area contributed by atoms with E-state index >= 15 is 0 Å². The number of hydrogen-bond acceptors (Lipinski definition) is 6. The third-order valence-electron chi connectivity index (χ3n) is 2.88. The van der Waals surface area contributed by atoms with Gasteiger partial charge in [0.25, 0.3) is 0 Å². The molecule has 1 aromatic heterocycles. The molecule has 1 rings (SSSR count). The van der Waals surface area contributed by atoms with Crippen LogP contribution in [0, 0.1) is 0 Å². The van der Waals surface area contributed by atoms with Gasteiger partial charge in [-0.15, -0.1) is 0 Å². The molecule has 6 nitrogen and oxygen atoms in total. The third-order valence-corrected chi connectivity index (χ3v) is 5.69. The van der Waals surface area contributed by atoms with Gasteiger partial charge in [0.15, 0.2) is 10.7 Å². The molecule has 0 fully saturated rings. The summed E-state index contributed by atoms with van der Waals surface area (Å²) in [6, 6.07) is 0.237. The van der Waals surface area contributed by atoms with E-state index < -0.39 is 10.0 Å².